The summed E-state index contributed by atoms with van der Waals surface area (Å²) in [5.74, 6) is -0.508. The Hall–Kier alpha value is -3.84. The van der Waals surface area contributed by atoms with E-state index in [0.29, 0.717) is 43.9 Å². The molecule has 3 aromatic rings. The van der Waals surface area contributed by atoms with Crippen LogP contribution < -0.4 is 16.4 Å². The Morgan fingerprint density at radius 1 is 0.800 bits per heavy atom. The molecule has 3 aromatic carbocycles. The van der Waals surface area contributed by atoms with Gasteiger partial charge in [0.15, 0.2) is 12.1 Å². The van der Waals surface area contributed by atoms with Gasteiger partial charge in [0.2, 0.25) is 11.8 Å². The number of benzene rings is 3. The minimum atomic E-state index is -0.564. The lowest BCUT2D eigenvalue weighted by atomic mass is 9.98. The van der Waals surface area contributed by atoms with E-state index in [9.17, 15) is 14.7 Å². The fourth-order valence-electron chi connectivity index (χ4n) is 6.88. The van der Waals surface area contributed by atoms with Gasteiger partial charge in [-0.3, -0.25) is 9.59 Å². The molecule has 0 radical (unpaired) electrons. The van der Waals surface area contributed by atoms with Crippen LogP contribution in [0.2, 0.25) is 0 Å². The molecule has 3 fully saturated rings. The van der Waals surface area contributed by atoms with Gasteiger partial charge in [0.05, 0.1) is 43.4 Å². The van der Waals surface area contributed by atoms with Crippen LogP contribution in [0, 0.1) is 0 Å². The molecular weight excluding hydrogens is 636 g/mol. The number of hydrogen-bond acceptors (Lipinski definition) is 9. The van der Waals surface area contributed by atoms with Crippen LogP contribution in [0.3, 0.4) is 0 Å². The summed E-state index contributed by atoms with van der Waals surface area (Å²) in [6.45, 7) is 3.89. The van der Waals surface area contributed by atoms with Crippen molar-refractivity contribution >= 4 is 28.9 Å². The van der Waals surface area contributed by atoms with Gasteiger partial charge in [0, 0.05) is 63.0 Å². The average Bonchev–Trinajstić information content (AvgIpc) is 3.60. The topological polar surface area (TPSA) is 145 Å². The minimum absolute atomic E-state index is 0.000854. The molecule has 3 heterocycles. The zero-order valence-corrected chi connectivity index (χ0v) is 28.7. The van der Waals surface area contributed by atoms with Crippen molar-refractivity contribution in [1.29, 1.82) is 0 Å². The molecule has 3 unspecified atom stereocenters. The lowest BCUT2D eigenvalue weighted by Gasteiger charge is -2.41. The molecule has 1 spiro atoms. The molecule has 6 rings (SSSR count). The van der Waals surface area contributed by atoms with Crippen LogP contribution in [0.5, 0.6) is 0 Å². The van der Waals surface area contributed by atoms with Crippen molar-refractivity contribution in [1.82, 2.24) is 4.90 Å². The number of amides is 2. The second-order valence-electron chi connectivity index (χ2n) is 13.5. The van der Waals surface area contributed by atoms with Crippen molar-refractivity contribution in [3.05, 3.63) is 89.5 Å². The number of anilines is 3. The highest BCUT2D eigenvalue weighted by Gasteiger charge is 2.41. The van der Waals surface area contributed by atoms with E-state index >= 15 is 0 Å². The van der Waals surface area contributed by atoms with Crippen LogP contribution in [0.15, 0.2) is 72.8 Å². The molecule has 3 aliphatic heterocycles. The highest BCUT2D eigenvalue weighted by atomic mass is 16.7. The van der Waals surface area contributed by atoms with Crippen molar-refractivity contribution in [3.63, 3.8) is 0 Å². The number of hydrogen-bond donors (Lipinski definition) is 4. The Kier molecular flexibility index (Phi) is 12.5. The SMILES string of the molecule is Nc1ccccc1NC(=O)CCCCCCC(=O)Nc1ccc(C2OC(CN3CCC4(CC3)OCCO4)CC(c3ccc(CO)cc3)O2)cc1. The predicted molar refractivity (Wildman–Crippen MR) is 191 cm³/mol. The van der Waals surface area contributed by atoms with Gasteiger partial charge in [-0.2, -0.15) is 0 Å². The van der Waals surface area contributed by atoms with E-state index in [0.717, 1.165) is 80.5 Å². The number of nitrogens with two attached hydrogens (primary N) is 1. The van der Waals surface area contributed by atoms with Gasteiger partial charge in [0.25, 0.3) is 0 Å². The Morgan fingerprint density at radius 2 is 1.44 bits per heavy atom. The van der Waals surface area contributed by atoms with Crippen LogP contribution in [0.4, 0.5) is 17.1 Å². The quantitative estimate of drug-likeness (QED) is 0.117. The first-order chi connectivity index (χ1) is 24.4. The third-order valence-corrected chi connectivity index (χ3v) is 9.77. The lowest BCUT2D eigenvalue weighted by Crippen LogP contribution is -2.48. The summed E-state index contributed by atoms with van der Waals surface area (Å²) in [4.78, 5) is 27.3. The first kappa shape index (κ1) is 36.0. The normalized spacial score (nSPS) is 22.0. The summed E-state index contributed by atoms with van der Waals surface area (Å²) in [7, 11) is 0. The molecule has 50 heavy (non-hydrogen) atoms. The third-order valence-electron chi connectivity index (χ3n) is 9.77. The third kappa shape index (κ3) is 9.90. The fraction of sp³-hybridized carbons (Fsp3) is 0.487. The summed E-state index contributed by atoms with van der Waals surface area (Å²) < 4.78 is 24.9. The first-order valence-corrected chi connectivity index (χ1v) is 17.9. The van der Waals surface area contributed by atoms with E-state index < -0.39 is 12.1 Å². The number of aliphatic hydroxyl groups excluding tert-OH is 1. The van der Waals surface area contributed by atoms with Crippen molar-refractivity contribution in [2.45, 2.75) is 88.7 Å². The number of nitrogen functional groups attached to an aromatic ring is 1. The number of aliphatic hydroxyl groups is 1. The largest absolute Gasteiger partial charge is 0.397 e. The molecule has 0 saturated carbocycles. The van der Waals surface area contributed by atoms with E-state index in [-0.39, 0.29) is 30.6 Å². The highest BCUT2D eigenvalue weighted by Crippen LogP contribution is 2.39. The molecule has 5 N–H and O–H groups in total. The number of para-hydroxylation sites is 2. The Morgan fingerprint density at radius 3 is 2.10 bits per heavy atom. The van der Waals surface area contributed by atoms with Crippen LogP contribution >= 0.6 is 0 Å². The van der Waals surface area contributed by atoms with Crippen molar-refractivity contribution in [2.75, 3.05) is 49.2 Å². The molecule has 2 amide bonds. The van der Waals surface area contributed by atoms with Gasteiger partial charge >= 0.3 is 0 Å². The second-order valence-corrected chi connectivity index (χ2v) is 13.5. The number of likely N-dealkylation sites (tertiary alicyclic amines) is 1. The van der Waals surface area contributed by atoms with Crippen LogP contribution in [0.25, 0.3) is 0 Å². The summed E-state index contributed by atoms with van der Waals surface area (Å²) >= 11 is 0. The van der Waals surface area contributed by atoms with Crippen molar-refractivity contribution < 1.29 is 33.6 Å². The van der Waals surface area contributed by atoms with Crippen LogP contribution in [-0.4, -0.2) is 66.6 Å². The molecule has 11 nitrogen and oxygen atoms in total. The minimum Gasteiger partial charge on any atom is -0.397 e. The number of ether oxygens (including phenoxy) is 4. The fourth-order valence-corrected chi connectivity index (χ4v) is 6.88. The first-order valence-electron chi connectivity index (χ1n) is 17.9. The maximum atomic E-state index is 12.7. The van der Waals surface area contributed by atoms with Gasteiger partial charge in [-0.1, -0.05) is 61.4 Å². The Balaban J connectivity index is 0.966. The van der Waals surface area contributed by atoms with Crippen LogP contribution in [-0.2, 0) is 35.1 Å². The number of nitrogens with one attached hydrogen (secondary N) is 2. The lowest BCUT2D eigenvalue weighted by molar-refractivity contribution is -0.255. The maximum absolute atomic E-state index is 12.7. The number of nitrogens with zero attached hydrogens (tertiary/aromatic N) is 1. The standard InChI is InChI=1S/C39H50N4O7/c40-33-7-5-6-8-34(33)42-37(46)10-4-2-1-3-9-36(45)41-31-17-15-30(16-18-31)38-49-32(25-35(50-38)29-13-11-28(27-44)12-14-29)26-43-21-19-39(20-22-43)47-23-24-48-39/h5-8,11-18,32,35,38,44H,1-4,9-10,19-27,40H2,(H,41,45)(H,42,46). The predicted octanol–water partition coefficient (Wildman–Crippen LogP) is 6.06. The van der Waals surface area contributed by atoms with Gasteiger partial charge in [-0.05, 0) is 48.2 Å². The molecule has 3 aliphatic rings. The van der Waals surface area contributed by atoms with E-state index in [1.54, 1.807) is 12.1 Å². The number of carbonyl (C=O) groups is 2. The molecule has 0 bridgehead atoms. The van der Waals surface area contributed by atoms with E-state index in [2.05, 4.69) is 15.5 Å². The van der Waals surface area contributed by atoms with Gasteiger partial charge in [-0.25, -0.2) is 0 Å². The summed E-state index contributed by atoms with van der Waals surface area (Å²) in [6.07, 6.45) is 5.72. The number of carbonyl (C=O) groups excluding carboxylic acids is 2. The molecule has 3 saturated heterocycles. The van der Waals surface area contributed by atoms with Crippen LogP contribution in [0.1, 0.15) is 86.9 Å². The monoisotopic (exact) mass is 686 g/mol. The molecule has 11 heteroatoms. The van der Waals surface area contributed by atoms with Gasteiger partial charge < -0.3 is 45.3 Å². The Bertz CT molecular complexity index is 1530. The number of piperidine rings is 1. The summed E-state index contributed by atoms with van der Waals surface area (Å²) in [5.41, 5.74) is 10.6. The molecule has 268 valence electrons. The van der Waals surface area contributed by atoms with Crippen molar-refractivity contribution in [3.8, 4) is 0 Å². The van der Waals surface area contributed by atoms with E-state index in [4.69, 9.17) is 24.7 Å². The zero-order chi connectivity index (χ0) is 34.8. The Labute approximate surface area is 294 Å². The summed E-state index contributed by atoms with van der Waals surface area (Å²) in [6, 6.07) is 22.8. The molecular formula is C39H50N4O7. The highest BCUT2D eigenvalue weighted by molar-refractivity contribution is 5.93. The smallest absolute Gasteiger partial charge is 0.224 e. The molecule has 0 aliphatic carbocycles. The second kappa shape index (κ2) is 17.4. The zero-order valence-electron chi connectivity index (χ0n) is 28.7. The van der Waals surface area contributed by atoms with E-state index in [1.165, 1.54) is 0 Å². The molecule has 3 atom stereocenters. The number of rotatable bonds is 14. The number of unbranched alkanes of at least 4 members (excludes halogenated alkanes) is 3. The van der Waals surface area contributed by atoms with Crippen molar-refractivity contribution in [2.24, 2.45) is 0 Å². The summed E-state index contributed by atoms with van der Waals surface area (Å²) in [5, 5.41) is 15.4. The maximum Gasteiger partial charge on any atom is 0.224 e. The van der Waals surface area contributed by atoms with Gasteiger partial charge in [0.1, 0.15) is 0 Å². The van der Waals surface area contributed by atoms with Gasteiger partial charge in [-0.15, -0.1) is 0 Å². The average molecular weight is 687 g/mol. The molecule has 0 aromatic heterocycles. The van der Waals surface area contributed by atoms with E-state index in [1.807, 2.05) is 60.7 Å².